The predicted molar refractivity (Wildman–Crippen MR) is 109 cm³/mol. The molecule has 0 unspecified atom stereocenters. The topological polar surface area (TPSA) is 112 Å². The van der Waals surface area contributed by atoms with Crippen LogP contribution in [0.15, 0.2) is 4.79 Å². The molecule has 0 spiro atoms. The highest BCUT2D eigenvalue weighted by Crippen LogP contribution is 2.27. The fraction of sp³-hybridized carbons (Fsp3) is 0.300. The van der Waals surface area contributed by atoms with Crippen LogP contribution in [0.3, 0.4) is 0 Å². The minimum absolute atomic E-state index is 0.197. The lowest BCUT2D eigenvalue weighted by atomic mass is 10.1. The van der Waals surface area contributed by atoms with Crippen LogP contribution in [-0.2, 0) is 4.74 Å². The smallest absolute Gasteiger partial charge is 0.340 e. The largest absolute Gasteiger partial charge is 0.462 e. The molecule has 0 saturated carbocycles. The van der Waals surface area contributed by atoms with Crippen molar-refractivity contribution in [3.63, 3.8) is 0 Å². The van der Waals surface area contributed by atoms with Gasteiger partial charge in [0.05, 0.1) is 23.1 Å². The number of nitrogens with zero attached hydrogens (tertiary/aromatic N) is 2. The number of aromatic amines is 2. The maximum absolute atomic E-state index is 12.5. The van der Waals surface area contributed by atoms with E-state index in [1.54, 1.807) is 26.8 Å². The van der Waals surface area contributed by atoms with E-state index in [-0.39, 0.29) is 23.6 Å². The van der Waals surface area contributed by atoms with Crippen LogP contribution < -0.4 is 5.56 Å². The summed E-state index contributed by atoms with van der Waals surface area (Å²) in [5.41, 5.74) is 3.20. The van der Waals surface area contributed by atoms with E-state index < -0.39 is 5.97 Å². The van der Waals surface area contributed by atoms with Gasteiger partial charge < -0.3 is 14.7 Å². The maximum Gasteiger partial charge on any atom is 0.340 e. The maximum atomic E-state index is 12.5. The molecule has 2 N–H and O–H groups in total. The monoisotopic (exact) mass is 396 g/mol. The fourth-order valence-corrected chi connectivity index (χ4v) is 4.14. The molecule has 0 aliphatic carbocycles. The summed E-state index contributed by atoms with van der Waals surface area (Å²) in [5.74, 6) is -0.213. The molecule has 0 aromatic carbocycles. The number of nitrogens with one attached hydrogen (secondary N) is 2. The van der Waals surface area contributed by atoms with Crippen molar-refractivity contribution >= 4 is 39.2 Å². The molecule has 8 heteroatoms. The molecule has 0 saturated heterocycles. The van der Waals surface area contributed by atoms with Crippen molar-refractivity contribution in [3.05, 3.63) is 49.1 Å². The first-order valence-corrected chi connectivity index (χ1v) is 9.58. The highest BCUT2D eigenvalue weighted by molar-refractivity contribution is 7.18. The van der Waals surface area contributed by atoms with Crippen molar-refractivity contribution < 1.29 is 9.53 Å². The molecule has 0 aliphatic rings. The molecule has 0 amide bonds. The van der Waals surface area contributed by atoms with Crippen molar-refractivity contribution in [1.82, 2.24) is 15.0 Å². The van der Waals surface area contributed by atoms with Crippen molar-refractivity contribution in [2.24, 2.45) is 0 Å². The standard InChI is InChI=1S/C20H20N4O3S/c1-6-27-20(26)15-10(3)14(22-11(15)4)7-13(8-21)17-23-18(25)16-9(2)12(5)28-19(16)24-17/h7,22H,6H2,1-5H3,(H,23,24,25)/b13-7+. The van der Waals surface area contributed by atoms with Crippen LogP contribution in [0.25, 0.3) is 21.9 Å². The number of aromatic nitrogens is 3. The summed E-state index contributed by atoms with van der Waals surface area (Å²) in [4.78, 5) is 36.6. The van der Waals surface area contributed by atoms with Crippen LogP contribution in [-0.4, -0.2) is 27.5 Å². The molecule has 0 radical (unpaired) electrons. The number of carbonyl (C=O) groups is 1. The van der Waals surface area contributed by atoms with Crippen molar-refractivity contribution in [1.29, 1.82) is 5.26 Å². The van der Waals surface area contributed by atoms with Gasteiger partial charge in [0.25, 0.3) is 5.56 Å². The SMILES string of the molecule is CCOC(=O)c1c(C)[nH]c(/C=C(\C#N)c2nc3sc(C)c(C)c3c(=O)[nH]2)c1C. The number of ether oxygens (including phenoxy) is 1. The number of H-pyrrole nitrogens is 2. The Hall–Kier alpha value is -3.18. The highest BCUT2D eigenvalue weighted by atomic mass is 32.1. The molecule has 0 bridgehead atoms. The van der Waals surface area contributed by atoms with Gasteiger partial charge in [-0.3, -0.25) is 4.79 Å². The third-order valence-electron chi connectivity index (χ3n) is 4.66. The van der Waals surface area contributed by atoms with Gasteiger partial charge >= 0.3 is 5.97 Å². The van der Waals surface area contributed by atoms with Crippen LogP contribution in [0.2, 0.25) is 0 Å². The molecular formula is C20H20N4O3S. The van der Waals surface area contributed by atoms with Crippen LogP contribution >= 0.6 is 11.3 Å². The van der Waals surface area contributed by atoms with E-state index in [9.17, 15) is 14.9 Å². The Kier molecular flexibility index (Phi) is 5.21. The molecule has 3 aromatic heterocycles. The molecule has 0 fully saturated rings. The average molecular weight is 396 g/mol. The van der Waals surface area contributed by atoms with Gasteiger partial charge in [-0.1, -0.05) is 0 Å². The van der Waals surface area contributed by atoms with Gasteiger partial charge in [-0.25, -0.2) is 9.78 Å². The first-order chi connectivity index (χ1) is 13.3. The summed E-state index contributed by atoms with van der Waals surface area (Å²) in [6.07, 6.45) is 1.59. The summed E-state index contributed by atoms with van der Waals surface area (Å²) < 4.78 is 5.09. The van der Waals surface area contributed by atoms with Gasteiger partial charge in [-0.2, -0.15) is 5.26 Å². The van der Waals surface area contributed by atoms with Gasteiger partial charge in [-0.15, -0.1) is 11.3 Å². The number of nitriles is 1. The summed E-state index contributed by atoms with van der Waals surface area (Å²) >= 11 is 1.42. The molecule has 0 aliphatic heterocycles. The lowest BCUT2D eigenvalue weighted by molar-refractivity contribution is 0.0525. The third-order valence-corrected chi connectivity index (χ3v) is 5.76. The second-order valence-electron chi connectivity index (χ2n) is 6.43. The Labute approximate surface area is 165 Å². The number of fused-ring (bicyclic) bond motifs is 1. The minimum atomic E-state index is -0.413. The number of carbonyl (C=O) groups excluding carboxylic acids is 1. The minimum Gasteiger partial charge on any atom is -0.462 e. The zero-order chi connectivity index (χ0) is 20.6. The van der Waals surface area contributed by atoms with E-state index in [0.29, 0.717) is 32.7 Å². The van der Waals surface area contributed by atoms with Gasteiger partial charge in [0.1, 0.15) is 10.9 Å². The van der Waals surface area contributed by atoms with Crippen LogP contribution in [0.1, 0.15) is 50.5 Å². The van der Waals surface area contributed by atoms with Crippen molar-refractivity contribution in [3.8, 4) is 6.07 Å². The van der Waals surface area contributed by atoms with E-state index in [4.69, 9.17) is 4.74 Å². The van der Waals surface area contributed by atoms with Crippen molar-refractivity contribution in [2.75, 3.05) is 6.61 Å². The second kappa shape index (κ2) is 7.44. The third kappa shape index (κ3) is 3.25. The van der Waals surface area contributed by atoms with E-state index in [1.165, 1.54) is 11.3 Å². The number of hydrogen-bond acceptors (Lipinski definition) is 6. The number of aryl methyl sites for hydroxylation is 3. The molecule has 28 heavy (non-hydrogen) atoms. The molecule has 3 heterocycles. The molecule has 3 aromatic rings. The zero-order valence-corrected chi connectivity index (χ0v) is 17.1. The van der Waals surface area contributed by atoms with Crippen LogP contribution in [0.4, 0.5) is 0 Å². The number of rotatable bonds is 4. The first-order valence-electron chi connectivity index (χ1n) is 8.76. The lowest BCUT2D eigenvalue weighted by Crippen LogP contribution is -2.11. The molecular weight excluding hydrogens is 376 g/mol. The van der Waals surface area contributed by atoms with Crippen LogP contribution in [0, 0.1) is 39.0 Å². The normalized spacial score (nSPS) is 11.6. The Morgan fingerprint density at radius 3 is 2.61 bits per heavy atom. The summed E-state index contributed by atoms with van der Waals surface area (Å²) in [6, 6.07) is 2.09. The number of esters is 1. The average Bonchev–Trinajstić information content (AvgIpc) is 3.08. The van der Waals surface area contributed by atoms with E-state index in [0.717, 1.165) is 10.4 Å². The molecule has 144 valence electrons. The highest BCUT2D eigenvalue weighted by Gasteiger charge is 2.20. The number of thiophene rings is 1. The first kappa shape index (κ1) is 19.6. The Morgan fingerprint density at radius 2 is 1.96 bits per heavy atom. The fourth-order valence-electron chi connectivity index (χ4n) is 3.11. The number of allylic oxidation sites excluding steroid dienone is 1. The molecule has 0 atom stereocenters. The van der Waals surface area contributed by atoms with Gasteiger partial charge in [0, 0.05) is 16.3 Å². The zero-order valence-electron chi connectivity index (χ0n) is 16.3. The van der Waals surface area contributed by atoms with Gasteiger partial charge in [-0.05, 0) is 51.8 Å². The Morgan fingerprint density at radius 1 is 1.25 bits per heavy atom. The summed E-state index contributed by atoms with van der Waals surface area (Å²) in [6.45, 7) is 9.39. The second-order valence-corrected chi connectivity index (χ2v) is 7.64. The van der Waals surface area contributed by atoms with Crippen molar-refractivity contribution in [2.45, 2.75) is 34.6 Å². The van der Waals surface area contributed by atoms with Crippen LogP contribution in [0.5, 0.6) is 0 Å². The van der Waals surface area contributed by atoms with Gasteiger partial charge in [0.2, 0.25) is 0 Å². The summed E-state index contributed by atoms with van der Waals surface area (Å²) in [5, 5.41) is 10.2. The summed E-state index contributed by atoms with van der Waals surface area (Å²) in [7, 11) is 0. The lowest BCUT2D eigenvalue weighted by Gasteiger charge is -2.02. The predicted octanol–water partition coefficient (Wildman–Crippen LogP) is 3.79. The Balaban J connectivity index is 2.13. The Bertz CT molecular complexity index is 1220. The quantitative estimate of drug-likeness (QED) is 0.515. The number of hydrogen-bond donors (Lipinski definition) is 2. The molecule has 3 rings (SSSR count). The van der Waals surface area contributed by atoms with E-state index in [1.807, 2.05) is 13.8 Å². The molecule has 7 nitrogen and oxygen atoms in total. The van der Waals surface area contributed by atoms with E-state index >= 15 is 0 Å². The van der Waals surface area contributed by atoms with E-state index in [2.05, 4.69) is 21.0 Å². The van der Waals surface area contributed by atoms with Gasteiger partial charge in [0.15, 0.2) is 5.82 Å².